The number of pyridine rings is 1. The molecule has 0 aliphatic rings. The molecule has 3 aromatic heterocycles. The summed E-state index contributed by atoms with van der Waals surface area (Å²) in [7, 11) is 0. The third-order valence-electron chi connectivity index (χ3n) is 3.68. The first-order valence-corrected chi connectivity index (χ1v) is 8.72. The summed E-state index contributed by atoms with van der Waals surface area (Å²) in [5.41, 5.74) is 1.45. The smallest absolute Gasteiger partial charge is 0.291 e. The minimum atomic E-state index is -0.198. The molecule has 26 heavy (non-hydrogen) atoms. The fourth-order valence-electron chi connectivity index (χ4n) is 2.48. The number of ether oxygens (including phenoxy) is 1. The van der Waals surface area contributed by atoms with E-state index in [4.69, 9.17) is 4.74 Å². The lowest BCUT2D eigenvalue weighted by atomic mass is 10.2. The zero-order chi connectivity index (χ0) is 17.9. The van der Waals surface area contributed by atoms with Gasteiger partial charge in [-0.25, -0.2) is 0 Å². The summed E-state index contributed by atoms with van der Waals surface area (Å²) >= 11 is 1.30. The van der Waals surface area contributed by atoms with Crippen LogP contribution in [0.4, 0.5) is 0 Å². The molecule has 0 saturated carbocycles. The standard InChI is InChI=1S/C19H14N4O2S/c1-2-11-25-15-6-4-3-5-14(15)12-16-18(24)23-19(26-16)21-17(22-23)13-7-9-20-10-8-13/h2-10,12H,1,11H2. The topological polar surface area (TPSA) is 69.4 Å². The molecule has 1 aromatic carbocycles. The molecular formula is C19H14N4O2S. The first-order chi connectivity index (χ1) is 12.8. The third-order valence-corrected chi connectivity index (χ3v) is 4.64. The molecule has 0 N–H and O–H groups in total. The largest absolute Gasteiger partial charge is 0.489 e. The van der Waals surface area contributed by atoms with Crippen LogP contribution in [0.15, 0.2) is 66.2 Å². The number of thiazole rings is 1. The van der Waals surface area contributed by atoms with Crippen molar-refractivity contribution in [1.82, 2.24) is 19.6 Å². The van der Waals surface area contributed by atoms with Crippen LogP contribution in [-0.4, -0.2) is 26.2 Å². The molecule has 7 heteroatoms. The summed E-state index contributed by atoms with van der Waals surface area (Å²) in [5.74, 6) is 1.21. The fraction of sp³-hybridized carbons (Fsp3) is 0.0526. The minimum Gasteiger partial charge on any atom is -0.489 e. The van der Waals surface area contributed by atoms with Gasteiger partial charge in [0.15, 0.2) is 5.82 Å². The van der Waals surface area contributed by atoms with Gasteiger partial charge in [-0.2, -0.15) is 9.50 Å². The van der Waals surface area contributed by atoms with Gasteiger partial charge in [0.1, 0.15) is 12.4 Å². The SMILES string of the molecule is C=CCOc1ccccc1C=c1sc2nc(-c3ccncc3)nn2c1=O. The van der Waals surface area contributed by atoms with Crippen molar-refractivity contribution >= 4 is 22.4 Å². The number of rotatable bonds is 5. The van der Waals surface area contributed by atoms with E-state index < -0.39 is 0 Å². The van der Waals surface area contributed by atoms with Crippen LogP contribution in [0.2, 0.25) is 0 Å². The quantitative estimate of drug-likeness (QED) is 0.510. The molecule has 0 amide bonds. The van der Waals surface area contributed by atoms with Gasteiger partial charge in [0, 0.05) is 23.5 Å². The van der Waals surface area contributed by atoms with Crippen molar-refractivity contribution in [1.29, 1.82) is 0 Å². The van der Waals surface area contributed by atoms with Crippen molar-refractivity contribution in [3.8, 4) is 17.1 Å². The number of hydrogen-bond donors (Lipinski definition) is 0. The van der Waals surface area contributed by atoms with Crippen LogP contribution in [0, 0.1) is 0 Å². The highest BCUT2D eigenvalue weighted by molar-refractivity contribution is 7.15. The molecule has 0 fully saturated rings. The summed E-state index contributed by atoms with van der Waals surface area (Å²) in [6.45, 7) is 4.05. The Labute approximate surface area is 152 Å². The first-order valence-electron chi connectivity index (χ1n) is 7.90. The average Bonchev–Trinajstić information content (AvgIpc) is 3.22. The van der Waals surface area contributed by atoms with Gasteiger partial charge in [0.25, 0.3) is 5.56 Å². The van der Waals surface area contributed by atoms with E-state index in [-0.39, 0.29) is 5.56 Å². The van der Waals surface area contributed by atoms with E-state index >= 15 is 0 Å². The van der Waals surface area contributed by atoms with Gasteiger partial charge in [-0.15, -0.1) is 5.10 Å². The number of aromatic nitrogens is 4. The highest BCUT2D eigenvalue weighted by Gasteiger charge is 2.12. The lowest BCUT2D eigenvalue weighted by Gasteiger charge is -2.05. The van der Waals surface area contributed by atoms with Gasteiger partial charge in [0.05, 0.1) is 4.53 Å². The van der Waals surface area contributed by atoms with Crippen molar-refractivity contribution in [2.45, 2.75) is 0 Å². The molecule has 0 bridgehead atoms. The average molecular weight is 362 g/mol. The van der Waals surface area contributed by atoms with Gasteiger partial charge in [-0.3, -0.25) is 9.78 Å². The van der Waals surface area contributed by atoms with Crippen molar-refractivity contribution in [3.05, 3.63) is 81.9 Å². The lowest BCUT2D eigenvalue weighted by Crippen LogP contribution is -2.23. The Morgan fingerprint density at radius 3 is 2.77 bits per heavy atom. The van der Waals surface area contributed by atoms with Gasteiger partial charge >= 0.3 is 0 Å². The second kappa shape index (κ2) is 6.89. The molecule has 0 aliphatic heterocycles. The predicted octanol–water partition coefficient (Wildman–Crippen LogP) is 2.33. The molecule has 0 saturated heterocycles. The van der Waals surface area contributed by atoms with Crippen LogP contribution in [0.1, 0.15) is 5.56 Å². The zero-order valence-corrected chi connectivity index (χ0v) is 14.5. The summed E-state index contributed by atoms with van der Waals surface area (Å²) in [5, 5.41) is 4.33. The Balaban J connectivity index is 1.78. The Morgan fingerprint density at radius 2 is 2.00 bits per heavy atom. The summed E-state index contributed by atoms with van der Waals surface area (Å²) in [6, 6.07) is 11.2. The van der Waals surface area contributed by atoms with Gasteiger partial charge in [0.2, 0.25) is 4.96 Å². The maximum absolute atomic E-state index is 12.7. The molecule has 4 aromatic rings. The zero-order valence-electron chi connectivity index (χ0n) is 13.7. The fourth-order valence-corrected chi connectivity index (χ4v) is 3.38. The number of nitrogens with zero attached hydrogens (tertiary/aromatic N) is 4. The van der Waals surface area contributed by atoms with Crippen LogP contribution >= 0.6 is 11.3 Å². The Hall–Kier alpha value is -3.32. The highest BCUT2D eigenvalue weighted by atomic mass is 32.1. The Kier molecular flexibility index (Phi) is 4.28. The molecule has 4 rings (SSSR count). The molecule has 0 unspecified atom stereocenters. The Bertz CT molecular complexity index is 1180. The van der Waals surface area contributed by atoms with E-state index in [1.807, 2.05) is 36.4 Å². The van der Waals surface area contributed by atoms with E-state index in [9.17, 15) is 4.79 Å². The molecule has 6 nitrogen and oxygen atoms in total. The second-order valence-electron chi connectivity index (χ2n) is 5.42. The highest BCUT2D eigenvalue weighted by Crippen LogP contribution is 2.19. The molecule has 0 aliphatic carbocycles. The van der Waals surface area contributed by atoms with Crippen LogP contribution in [0.5, 0.6) is 5.75 Å². The third kappa shape index (κ3) is 3.00. The van der Waals surface area contributed by atoms with Crippen LogP contribution < -0.4 is 14.8 Å². The number of hydrogen-bond acceptors (Lipinski definition) is 6. The lowest BCUT2D eigenvalue weighted by molar-refractivity contribution is 0.362. The van der Waals surface area contributed by atoms with Crippen molar-refractivity contribution in [2.75, 3.05) is 6.61 Å². The molecule has 0 radical (unpaired) electrons. The summed E-state index contributed by atoms with van der Waals surface area (Å²) in [4.78, 5) is 21.7. The van der Waals surface area contributed by atoms with Crippen LogP contribution in [0.25, 0.3) is 22.4 Å². The van der Waals surface area contributed by atoms with E-state index in [1.165, 1.54) is 15.9 Å². The second-order valence-corrected chi connectivity index (χ2v) is 6.43. The summed E-state index contributed by atoms with van der Waals surface area (Å²) < 4.78 is 7.52. The van der Waals surface area contributed by atoms with Crippen molar-refractivity contribution < 1.29 is 4.74 Å². The van der Waals surface area contributed by atoms with E-state index in [2.05, 4.69) is 21.6 Å². The van der Waals surface area contributed by atoms with Crippen LogP contribution in [0.3, 0.4) is 0 Å². The maximum atomic E-state index is 12.7. The van der Waals surface area contributed by atoms with Gasteiger partial charge in [-0.05, 0) is 24.3 Å². The number of para-hydroxylation sites is 1. The normalized spacial score (nSPS) is 11.8. The minimum absolute atomic E-state index is 0.198. The molecular weight excluding hydrogens is 348 g/mol. The van der Waals surface area contributed by atoms with E-state index in [0.717, 1.165) is 11.1 Å². The van der Waals surface area contributed by atoms with E-state index in [0.29, 0.717) is 27.7 Å². The molecule has 3 heterocycles. The maximum Gasteiger partial charge on any atom is 0.291 e. The van der Waals surface area contributed by atoms with Crippen LogP contribution in [-0.2, 0) is 0 Å². The van der Waals surface area contributed by atoms with Gasteiger partial charge in [-0.1, -0.05) is 42.2 Å². The molecule has 128 valence electrons. The Morgan fingerprint density at radius 1 is 1.19 bits per heavy atom. The number of benzene rings is 1. The first kappa shape index (κ1) is 16.2. The van der Waals surface area contributed by atoms with E-state index in [1.54, 1.807) is 24.5 Å². The molecule has 0 atom stereocenters. The van der Waals surface area contributed by atoms with Gasteiger partial charge < -0.3 is 4.74 Å². The van der Waals surface area contributed by atoms with Crippen molar-refractivity contribution in [2.24, 2.45) is 0 Å². The predicted molar refractivity (Wildman–Crippen MR) is 101 cm³/mol. The summed E-state index contributed by atoms with van der Waals surface area (Å²) in [6.07, 6.45) is 6.82. The monoisotopic (exact) mass is 362 g/mol. The number of fused-ring (bicyclic) bond motifs is 1. The molecule has 0 spiro atoms. The van der Waals surface area contributed by atoms with Crippen molar-refractivity contribution in [3.63, 3.8) is 0 Å².